The summed E-state index contributed by atoms with van der Waals surface area (Å²) in [7, 11) is 0. The van der Waals surface area contributed by atoms with Gasteiger partial charge in [-0.1, -0.05) is 23.7 Å². The molecule has 1 aromatic carbocycles. The molecular weight excluding hydrogens is 246 g/mol. The van der Waals surface area contributed by atoms with Crippen LogP contribution in [0.25, 0.3) is 10.9 Å². The van der Waals surface area contributed by atoms with Crippen molar-refractivity contribution < 1.29 is 0 Å². The monoisotopic (exact) mass is 255 g/mol. The maximum Gasteiger partial charge on any atom is 0.131 e. The number of fused-ring (bicyclic) bond motifs is 1. The molecule has 2 aromatic heterocycles. The van der Waals surface area contributed by atoms with E-state index >= 15 is 0 Å². The molecule has 0 atom stereocenters. The van der Waals surface area contributed by atoms with Crippen LogP contribution in [0.5, 0.6) is 0 Å². The van der Waals surface area contributed by atoms with Gasteiger partial charge in [0.1, 0.15) is 5.82 Å². The number of anilines is 2. The van der Waals surface area contributed by atoms with Crippen LogP contribution in [-0.4, -0.2) is 9.97 Å². The predicted molar refractivity (Wildman–Crippen MR) is 74.3 cm³/mol. The smallest absolute Gasteiger partial charge is 0.131 e. The summed E-state index contributed by atoms with van der Waals surface area (Å²) in [4.78, 5) is 8.48. The molecule has 4 heteroatoms. The molecule has 2 heterocycles. The summed E-state index contributed by atoms with van der Waals surface area (Å²) in [5.41, 5.74) is 1.75. The fourth-order valence-electron chi connectivity index (χ4n) is 1.76. The zero-order chi connectivity index (χ0) is 12.4. The second-order valence-electron chi connectivity index (χ2n) is 3.87. The Balaban J connectivity index is 2.01. The van der Waals surface area contributed by atoms with Gasteiger partial charge in [-0.2, -0.15) is 0 Å². The number of nitrogens with zero attached hydrogens (tertiary/aromatic N) is 2. The summed E-state index contributed by atoms with van der Waals surface area (Å²) in [6.45, 7) is 0. The Morgan fingerprint density at radius 2 is 1.78 bits per heavy atom. The van der Waals surface area contributed by atoms with E-state index in [-0.39, 0.29) is 0 Å². The minimum Gasteiger partial charge on any atom is -0.340 e. The lowest BCUT2D eigenvalue weighted by atomic mass is 10.2. The molecule has 18 heavy (non-hydrogen) atoms. The van der Waals surface area contributed by atoms with Crippen molar-refractivity contribution in [3.05, 3.63) is 59.9 Å². The first kappa shape index (κ1) is 11.0. The van der Waals surface area contributed by atoms with Crippen molar-refractivity contribution in [3.8, 4) is 0 Å². The summed E-state index contributed by atoms with van der Waals surface area (Å²) in [6.07, 6.45) is 3.46. The average Bonchev–Trinajstić information content (AvgIpc) is 2.41. The Kier molecular flexibility index (Phi) is 2.82. The van der Waals surface area contributed by atoms with Crippen LogP contribution in [0.4, 0.5) is 11.5 Å². The first-order valence-corrected chi connectivity index (χ1v) is 5.93. The molecule has 3 rings (SSSR count). The maximum atomic E-state index is 6.13. The average molecular weight is 256 g/mol. The van der Waals surface area contributed by atoms with Crippen LogP contribution in [0.2, 0.25) is 5.02 Å². The molecule has 0 bridgehead atoms. The van der Waals surface area contributed by atoms with Crippen LogP contribution < -0.4 is 5.32 Å². The molecule has 0 saturated carbocycles. The highest BCUT2D eigenvalue weighted by atomic mass is 35.5. The number of halogens is 1. The molecule has 0 spiro atoms. The summed E-state index contributed by atoms with van der Waals surface area (Å²) in [5.74, 6) is 0.766. The molecular formula is C14H10ClN3. The third-order valence-electron chi connectivity index (χ3n) is 2.62. The van der Waals surface area contributed by atoms with Gasteiger partial charge in [-0.15, -0.1) is 0 Å². The number of benzene rings is 1. The van der Waals surface area contributed by atoms with Crippen LogP contribution in [0.3, 0.4) is 0 Å². The van der Waals surface area contributed by atoms with E-state index in [1.165, 1.54) is 0 Å². The number of hydrogen-bond acceptors (Lipinski definition) is 3. The lowest BCUT2D eigenvalue weighted by molar-refractivity contribution is 1.31. The van der Waals surface area contributed by atoms with Gasteiger partial charge < -0.3 is 5.32 Å². The Morgan fingerprint density at radius 1 is 0.944 bits per heavy atom. The van der Waals surface area contributed by atoms with E-state index in [1.54, 1.807) is 12.4 Å². The van der Waals surface area contributed by atoms with Gasteiger partial charge in [0, 0.05) is 23.5 Å². The summed E-state index contributed by atoms with van der Waals surface area (Å²) >= 11 is 6.13. The minimum atomic E-state index is 0.658. The van der Waals surface area contributed by atoms with E-state index in [1.807, 2.05) is 42.5 Å². The molecule has 0 aliphatic heterocycles. The van der Waals surface area contributed by atoms with Gasteiger partial charge >= 0.3 is 0 Å². The summed E-state index contributed by atoms with van der Waals surface area (Å²) in [6, 6.07) is 13.5. The zero-order valence-corrected chi connectivity index (χ0v) is 10.2. The summed E-state index contributed by atoms with van der Waals surface area (Å²) < 4.78 is 0. The Morgan fingerprint density at radius 3 is 2.61 bits per heavy atom. The minimum absolute atomic E-state index is 0.658. The van der Waals surface area contributed by atoms with E-state index in [9.17, 15) is 0 Å². The molecule has 3 nitrogen and oxygen atoms in total. The normalized spacial score (nSPS) is 10.5. The number of para-hydroxylation sites is 1. The van der Waals surface area contributed by atoms with Crippen molar-refractivity contribution in [3.63, 3.8) is 0 Å². The molecule has 0 radical (unpaired) electrons. The quantitative estimate of drug-likeness (QED) is 0.751. The lowest BCUT2D eigenvalue weighted by Crippen LogP contribution is -1.93. The highest BCUT2D eigenvalue weighted by Crippen LogP contribution is 2.24. The van der Waals surface area contributed by atoms with Gasteiger partial charge in [-0.05, 0) is 30.3 Å². The van der Waals surface area contributed by atoms with Crippen molar-refractivity contribution >= 4 is 34.0 Å². The number of nitrogens with one attached hydrogen (secondary N) is 1. The second-order valence-corrected chi connectivity index (χ2v) is 4.28. The van der Waals surface area contributed by atoms with Crippen molar-refractivity contribution in [2.45, 2.75) is 0 Å². The molecule has 0 fully saturated rings. The van der Waals surface area contributed by atoms with Crippen molar-refractivity contribution in [1.82, 2.24) is 9.97 Å². The van der Waals surface area contributed by atoms with E-state index in [2.05, 4.69) is 15.3 Å². The van der Waals surface area contributed by atoms with Gasteiger partial charge in [0.25, 0.3) is 0 Å². The van der Waals surface area contributed by atoms with E-state index in [0.29, 0.717) is 5.02 Å². The zero-order valence-electron chi connectivity index (χ0n) is 9.47. The van der Waals surface area contributed by atoms with E-state index < -0.39 is 0 Å². The fraction of sp³-hybridized carbons (Fsp3) is 0. The molecule has 3 aromatic rings. The number of aromatic nitrogens is 2. The first-order valence-electron chi connectivity index (χ1n) is 5.55. The number of hydrogen-bond donors (Lipinski definition) is 1. The van der Waals surface area contributed by atoms with E-state index in [4.69, 9.17) is 11.6 Å². The van der Waals surface area contributed by atoms with Gasteiger partial charge in [0.2, 0.25) is 0 Å². The van der Waals surface area contributed by atoms with Gasteiger partial charge in [-0.3, -0.25) is 4.98 Å². The molecule has 0 amide bonds. The third kappa shape index (κ3) is 2.13. The molecule has 88 valence electrons. The van der Waals surface area contributed by atoms with Crippen LogP contribution in [0, 0.1) is 0 Å². The third-order valence-corrected chi connectivity index (χ3v) is 2.93. The molecule has 0 aliphatic rings. The highest BCUT2D eigenvalue weighted by molar-refractivity contribution is 6.35. The molecule has 1 N–H and O–H groups in total. The Bertz CT molecular complexity index is 683. The molecule has 0 aliphatic carbocycles. The van der Waals surface area contributed by atoms with Crippen molar-refractivity contribution in [2.24, 2.45) is 0 Å². The van der Waals surface area contributed by atoms with Crippen molar-refractivity contribution in [2.75, 3.05) is 5.32 Å². The summed E-state index contributed by atoms with van der Waals surface area (Å²) in [5, 5.41) is 4.90. The molecule has 0 saturated heterocycles. The standard InChI is InChI=1S/C14H10ClN3/c15-12-3-1-2-10-4-5-13(18-14(10)12)17-11-6-8-16-9-7-11/h1-9H,(H,16,17,18). The van der Waals surface area contributed by atoms with Crippen LogP contribution >= 0.6 is 11.6 Å². The first-order chi connectivity index (χ1) is 8.83. The topological polar surface area (TPSA) is 37.8 Å². The Labute approximate surface area is 109 Å². The van der Waals surface area contributed by atoms with Gasteiger partial charge in [0.05, 0.1) is 10.5 Å². The fourth-order valence-corrected chi connectivity index (χ4v) is 1.99. The Hall–Kier alpha value is -2.13. The van der Waals surface area contributed by atoms with Crippen LogP contribution in [0.1, 0.15) is 0 Å². The second kappa shape index (κ2) is 4.63. The van der Waals surface area contributed by atoms with Gasteiger partial charge in [-0.25, -0.2) is 4.98 Å². The SMILES string of the molecule is Clc1cccc2ccc(Nc3ccncc3)nc12. The van der Waals surface area contributed by atoms with E-state index in [0.717, 1.165) is 22.4 Å². The molecule has 0 unspecified atom stereocenters. The van der Waals surface area contributed by atoms with Crippen LogP contribution in [0.15, 0.2) is 54.9 Å². The number of rotatable bonds is 2. The largest absolute Gasteiger partial charge is 0.340 e. The predicted octanol–water partition coefficient (Wildman–Crippen LogP) is 4.03. The van der Waals surface area contributed by atoms with Crippen molar-refractivity contribution in [1.29, 1.82) is 0 Å². The van der Waals surface area contributed by atoms with Crippen LogP contribution in [-0.2, 0) is 0 Å². The lowest BCUT2D eigenvalue weighted by Gasteiger charge is -2.06. The maximum absolute atomic E-state index is 6.13. The number of pyridine rings is 2. The van der Waals surface area contributed by atoms with Gasteiger partial charge in [0.15, 0.2) is 0 Å². The highest BCUT2D eigenvalue weighted by Gasteiger charge is 2.02.